The number of likely N-dealkylation sites (tertiary alicyclic amines) is 1. The molecule has 5 rings (SSSR count). The lowest BCUT2D eigenvalue weighted by Crippen LogP contribution is -2.44. The molecule has 1 amide bonds. The van der Waals surface area contributed by atoms with Crippen LogP contribution in [-0.4, -0.2) is 51.8 Å². The third kappa shape index (κ3) is 3.44. The van der Waals surface area contributed by atoms with Gasteiger partial charge in [-0.1, -0.05) is 48.5 Å². The number of nitrogens with zero attached hydrogens (tertiary/aromatic N) is 4. The van der Waals surface area contributed by atoms with E-state index >= 15 is 0 Å². The summed E-state index contributed by atoms with van der Waals surface area (Å²) in [4.78, 5) is 19.8. The number of carbonyl (C=O) groups is 1. The van der Waals surface area contributed by atoms with Gasteiger partial charge in [-0.25, -0.2) is 9.67 Å². The molecule has 0 bridgehead atoms. The highest BCUT2D eigenvalue weighted by atomic mass is 16.2. The number of aromatic nitrogens is 3. The number of benzene rings is 2. The average Bonchev–Trinajstić information content (AvgIpc) is 3.43. The average molecular weight is 387 g/mol. The lowest BCUT2D eigenvalue weighted by atomic mass is 9.78. The standard InChI is InChI=1S/C23H25N5O/c29-22(27-15-12-23(13-16-27)11-14-24-17-23)20-25-21(18-7-3-1-4-8-18)28(26-20)19-9-5-2-6-10-19/h1-10,24H,11-17H2. The van der Waals surface area contributed by atoms with Gasteiger partial charge in [0.25, 0.3) is 5.91 Å². The van der Waals surface area contributed by atoms with Gasteiger partial charge in [-0.15, -0.1) is 5.10 Å². The highest BCUT2D eigenvalue weighted by Crippen LogP contribution is 2.37. The number of nitrogens with one attached hydrogen (secondary N) is 1. The van der Waals surface area contributed by atoms with Crippen LogP contribution in [0.2, 0.25) is 0 Å². The molecule has 3 aromatic rings. The van der Waals surface area contributed by atoms with Crippen molar-refractivity contribution in [2.24, 2.45) is 5.41 Å². The highest BCUT2D eigenvalue weighted by Gasteiger charge is 2.38. The molecule has 1 spiro atoms. The van der Waals surface area contributed by atoms with Crippen molar-refractivity contribution in [1.82, 2.24) is 25.0 Å². The van der Waals surface area contributed by atoms with Crippen molar-refractivity contribution < 1.29 is 4.79 Å². The summed E-state index contributed by atoms with van der Waals surface area (Å²) in [5.74, 6) is 0.888. The molecule has 148 valence electrons. The zero-order chi connectivity index (χ0) is 19.7. The van der Waals surface area contributed by atoms with E-state index in [1.54, 1.807) is 4.68 Å². The highest BCUT2D eigenvalue weighted by molar-refractivity contribution is 5.91. The predicted molar refractivity (Wildman–Crippen MR) is 112 cm³/mol. The van der Waals surface area contributed by atoms with Crippen LogP contribution in [0.3, 0.4) is 0 Å². The molecule has 2 fully saturated rings. The first kappa shape index (κ1) is 18.1. The molecule has 1 N–H and O–H groups in total. The van der Waals surface area contributed by atoms with Crippen LogP contribution in [-0.2, 0) is 0 Å². The fourth-order valence-corrected chi connectivity index (χ4v) is 4.47. The molecule has 0 aliphatic carbocycles. The maximum Gasteiger partial charge on any atom is 0.293 e. The summed E-state index contributed by atoms with van der Waals surface area (Å²) in [7, 11) is 0. The van der Waals surface area contributed by atoms with Gasteiger partial charge in [0.05, 0.1) is 5.69 Å². The predicted octanol–water partition coefficient (Wildman–Crippen LogP) is 3.15. The molecule has 3 heterocycles. The third-order valence-corrected chi connectivity index (χ3v) is 6.27. The van der Waals surface area contributed by atoms with Gasteiger partial charge in [0.2, 0.25) is 5.82 Å². The van der Waals surface area contributed by atoms with Crippen LogP contribution in [0.1, 0.15) is 29.9 Å². The van der Waals surface area contributed by atoms with E-state index in [9.17, 15) is 4.79 Å². The topological polar surface area (TPSA) is 63.1 Å². The largest absolute Gasteiger partial charge is 0.336 e. The summed E-state index contributed by atoms with van der Waals surface area (Å²) >= 11 is 0. The second kappa shape index (κ2) is 7.44. The Hall–Kier alpha value is -2.99. The normalized spacial score (nSPS) is 18.3. The number of para-hydroxylation sites is 1. The molecule has 2 aliphatic heterocycles. The van der Waals surface area contributed by atoms with E-state index in [0.29, 0.717) is 11.2 Å². The fourth-order valence-electron chi connectivity index (χ4n) is 4.47. The molecule has 0 saturated carbocycles. The lowest BCUT2D eigenvalue weighted by molar-refractivity contribution is 0.0596. The van der Waals surface area contributed by atoms with Crippen LogP contribution in [0.25, 0.3) is 17.1 Å². The van der Waals surface area contributed by atoms with Crippen LogP contribution in [0.15, 0.2) is 60.7 Å². The van der Waals surface area contributed by atoms with Gasteiger partial charge in [-0.3, -0.25) is 4.79 Å². The summed E-state index contributed by atoms with van der Waals surface area (Å²) in [5, 5.41) is 8.10. The summed E-state index contributed by atoms with van der Waals surface area (Å²) in [6.07, 6.45) is 3.32. The molecule has 1 aromatic heterocycles. The van der Waals surface area contributed by atoms with Gasteiger partial charge >= 0.3 is 0 Å². The Morgan fingerprint density at radius 1 is 0.931 bits per heavy atom. The Balaban J connectivity index is 1.45. The van der Waals surface area contributed by atoms with Crippen molar-refractivity contribution in [3.63, 3.8) is 0 Å². The van der Waals surface area contributed by atoms with Gasteiger partial charge < -0.3 is 10.2 Å². The zero-order valence-electron chi connectivity index (χ0n) is 16.4. The lowest BCUT2D eigenvalue weighted by Gasteiger charge is -2.38. The summed E-state index contributed by atoms with van der Waals surface area (Å²) in [6, 6.07) is 19.8. The summed E-state index contributed by atoms with van der Waals surface area (Å²) in [5.41, 5.74) is 2.22. The van der Waals surface area contributed by atoms with Gasteiger partial charge in [-0.2, -0.15) is 0 Å². The Kier molecular flexibility index (Phi) is 4.64. The van der Waals surface area contributed by atoms with E-state index in [-0.39, 0.29) is 11.7 Å². The first-order chi connectivity index (χ1) is 14.2. The number of piperidine rings is 1. The van der Waals surface area contributed by atoms with Crippen LogP contribution >= 0.6 is 0 Å². The van der Waals surface area contributed by atoms with E-state index in [1.807, 2.05) is 65.6 Å². The molecule has 29 heavy (non-hydrogen) atoms. The Labute approximate surface area is 170 Å². The summed E-state index contributed by atoms with van der Waals surface area (Å²) in [6.45, 7) is 3.73. The quantitative estimate of drug-likeness (QED) is 0.750. The van der Waals surface area contributed by atoms with Crippen molar-refractivity contribution in [2.45, 2.75) is 19.3 Å². The minimum atomic E-state index is -0.0716. The molecule has 0 radical (unpaired) electrons. The number of hydrogen-bond acceptors (Lipinski definition) is 4. The van der Waals surface area contributed by atoms with Gasteiger partial charge in [0, 0.05) is 25.2 Å². The van der Waals surface area contributed by atoms with Crippen molar-refractivity contribution >= 4 is 5.91 Å². The molecule has 6 heteroatoms. The molecule has 6 nitrogen and oxygen atoms in total. The SMILES string of the molecule is O=C(c1nc(-c2ccccc2)n(-c2ccccc2)n1)N1CCC2(CCNC2)CC1. The Morgan fingerprint density at radius 3 is 2.28 bits per heavy atom. The minimum absolute atomic E-state index is 0.0716. The van der Waals surface area contributed by atoms with E-state index in [1.165, 1.54) is 6.42 Å². The Morgan fingerprint density at radius 2 is 1.62 bits per heavy atom. The van der Waals surface area contributed by atoms with Crippen LogP contribution in [0.4, 0.5) is 0 Å². The van der Waals surface area contributed by atoms with E-state index in [2.05, 4.69) is 15.4 Å². The molecule has 2 aliphatic rings. The smallest absolute Gasteiger partial charge is 0.293 e. The van der Waals surface area contributed by atoms with Crippen molar-refractivity contribution in [1.29, 1.82) is 0 Å². The second-order valence-corrected chi connectivity index (χ2v) is 8.09. The van der Waals surface area contributed by atoms with Crippen LogP contribution in [0.5, 0.6) is 0 Å². The van der Waals surface area contributed by atoms with Gasteiger partial charge in [0.15, 0.2) is 5.82 Å². The molecule has 2 saturated heterocycles. The molecule has 2 aromatic carbocycles. The molecular weight excluding hydrogens is 362 g/mol. The second-order valence-electron chi connectivity index (χ2n) is 8.09. The number of carbonyl (C=O) groups excluding carboxylic acids is 1. The number of amides is 1. The number of rotatable bonds is 3. The van der Waals surface area contributed by atoms with E-state index < -0.39 is 0 Å². The van der Waals surface area contributed by atoms with E-state index in [4.69, 9.17) is 0 Å². The minimum Gasteiger partial charge on any atom is -0.336 e. The fraction of sp³-hybridized carbons (Fsp3) is 0.348. The molecule has 0 unspecified atom stereocenters. The third-order valence-electron chi connectivity index (χ3n) is 6.27. The maximum absolute atomic E-state index is 13.2. The van der Waals surface area contributed by atoms with Gasteiger partial charge in [0.1, 0.15) is 0 Å². The first-order valence-electron chi connectivity index (χ1n) is 10.3. The monoisotopic (exact) mass is 387 g/mol. The van der Waals surface area contributed by atoms with Crippen molar-refractivity contribution in [3.05, 3.63) is 66.5 Å². The van der Waals surface area contributed by atoms with Crippen molar-refractivity contribution in [2.75, 3.05) is 26.2 Å². The molecule has 0 atom stereocenters. The molecular formula is C23H25N5O. The zero-order valence-corrected chi connectivity index (χ0v) is 16.4. The van der Waals surface area contributed by atoms with Crippen LogP contribution in [0, 0.1) is 5.41 Å². The maximum atomic E-state index is 13.2. The van der Waals surface area contributed by atoms with Crippen LogP contribution < -0.4 is 5.32 Å². The van der Waals surface area contributed by atoms with Gasteiger partial charge in [-0.05, 0) is 43.4 Å². The van der Waals surface area contributed by atoms with E-state index in [0.717, 1.165) is 50.3 Å². The first-order valence-corrected chi connectivity index (χ1v) is 10.3. The Bertz CT molecular complexity index is 926. The van der Waals surface area contributed by atoms with Crippen molar-refractivity contribution in [3.8, 4) is 17.1 Å². The summed E-state index contributed by atoms with van der Waals surface area (Å²) < 4.78 is 1.77. The number of hydrogen-bond donors (Lipinski definition) is 1.